The molecule has 0 spiro atoms. The van der Waals surface area contributed by atoms with Crippen LogP contribution in [-0.4, -0.2) is 32.9 Å². The summed E-state index contributed by atoms with van der Waals surface area (Å²) in [7, 11) is 0. The van der Waals surface area contributed by atoms with E-state index >= 15 is 0 Å². The van der Waals surface area contributed by atoms with Crippen LogP contribution < -0.4 is 5.32 Å². The molecule has 0 saturated heterocycles. The molecule has 2 heterocycles. The summed E-state index contributed by atoms with van der Waals surface area (Å²) in [6.07, 6.45) is 2.49. The molecule has 102 valence electrons. The maximum absolute atomic E-state index is 11.6. The summed E-state index contributed by atoms with van der Waals surface area (Å²) >= 11 is 1.29. The van der Waals surface area contributed by atoms with Gasteiger partial charge in [0.1, 0.15) is 0 Å². The first-order chi connectivity index (χ1) is 9.19. The van der Waals surface area contributed by atoms with Crippen molar-refractivity contribution in [3.8, 4) is 11.6 Å². The number of nitrogens with zero attached hydrogens (tertiary/aromatic N) is 2. The minimum Gasteiger partial charge on any atom is -0.461 e. The lowest BCUT2D eigenvalue weighted by Crippen LogP contribution is -2.33. The molecule has 0 radical (unpaired) electrons. The van der Waals surface area contributed by atoms with Crippen LogP contribution in [0.1, 0.15) is 20.3 Å². The van der Waals surface area contributed by atoms with Gasteiger partial charge in [0.15, 0.2) is 11.6 Å². The highest BCUT2D eigenvalue weighted by Gasteiger charge is 2.11. The summed E-state index contributed by atoms with van der Waals surface area (Å²) in [6, 6.07) is 3.77. The van der Waals surface area contributed by atoms with E-state index in [1.165, 1.54) is 11.8 Å². The van der Waals surface area contributed by atoms with Gasteiger partial charge in [-0.2, -0.15) is 4.98 Å². The molecule has 7 heteroatoms. The molecule has 2 rings (SSSR count). The molecule has 0 fully saturated rings. The van der Waals surface area contributed by atoms with Gasteiger partial charge in [0.25, 0.3) is 0 Å². The highest BCUT2D eigenvalue weighted by Crippen LogP contribution is 2.19. The van der Waals surface area contributed by atoms with Crippen molar-refractivity contribution in [3.05, 3.63) is 18.4 Å². The van der Waals surface area contributed by atoms with Crippen LogP contribution in [0.3, 0.4) is 0 Å². The maximum atomic E-state index is 11.6. The number of hydrogen-bond acceptors (Lipinski definition) is 5. The zero-order chi connectivity index (χ0) is 13.7. The van der Waals surface area contributed by atoms with E-state index in [0.29, 0.717) is 22.5 Å². The molecule has 0 aromatic carbocycles. The van der Waals surface area contributed by atoms with Gasteiger partial charge >= 0.3 is 0 Å². The van der Waals surface area contributed by atoms with Crippen molar-refractivity contribution in [2.75, 3.05) is 5.75 Å². The summed E-state index contributed by atoms with van der Waals surface area (Å²) in [5, 5.41) is 10.2. The minimum absolute atomic E-state index is 0.0105. The molecule has 0 unspecified atom stereocenters. The van der Waals surface area contributed by atoms with Crippen molar-refractivity contribution in [3.63, 3.8) is 0 Å². The van der Waals surface area contributed by atoms with Crippen molar-refractivity contribution in [1.82, 2.24) is 20.5 Å². The molecule has 1 amide bonds. The van der Waals surface area contributed by atoms with Gasteiger partial charge in [-0.1, -0.05) is 18.7 Å². The second-order valence-electron chi connectivity index (χ2n) is 4.11. The Bertz CT molecular complexity index is 524. The van der Waals surface area contributed by atoms with Crippen molar-refractivity contribution < 1.29 is 9.21 Å². The van der Waals surface area contributed by atoms with E-state index in [1.54, 1.807) is 18.4 Å². The van der Waals surface area contributed by atoms with Crippen LogP contribution in [0.2, 0.25) is 0 Å². The Hall–Kier alpha value is -1.76. The Morgan fingerprint density at radius 2 is 2.47 bits per heavy atom. The summed E-state index contributed by atoms with van der Waals surface area (Å²) < 4.78 is 5.20. The van der Waals surface area contributed by atoms with Crippen molar-refractivity contribution in [2.45, 2.75) is 31.5 Å². The second-order valence-corrected chi connectivity index (χ2v) is 5.05. The number of rotatable bonds is 6. The maximum Gasteiger partial charge on any atom is 0.230 e. The van der Waals surface area contributed by atoms with Gasteiger partial charge in [0, 0.05) is 6.04 Å². The number of amides is 1. The molecule has 0 saturated carbocycles. The number of nitrogens with one attached hydrogen (secondary N) is 2. The fraction of sp³-hybridized carbons (Fsp3) is 0.417. The molecule has 2 N–H and O–H groups in total. The first-order valence-corrected chi connectivity index (χ1v) is 7.06. The SMILES string of the molecule is CC[C@@H](C)NC(=O)CSc1n[nH]c(-c2ccco2)n1. The predicted molar refractivity (Wildman–Crippen MR) is 72.7 cm³/mol. The number of carbonyl (C=O) groups is 1. The fourth-order valence-electron chi connectivity index (χ4n) is 1.38. The number of carbonyl (C=O) groups excluding carboxylic acids is 1. The van der Waals surface area contributed by atoms with E-state index in [9.17, 15) is 4.79 Å². The monoisotopic (exact) mass is 280 g/mol. The summed E-state index contributed by atoms with van der Waals surface area (Å²) in [6.45, 7) is 4.01. The van der Waals surface area contributed by atoms with Gasteiger partial charge in [-0.3, -0.25) is 9.89 Å². The molecule has 2 aromatic rings. The lowest BCUT2D eigenvalue weighted by atomic mass is 10.3. The van der Waals surface area contributed by atoms with Gasteiger partial charge < -0.3 is 9.73 Å². The Morgan fingerprint density at radius 3 is 3.16 bits per heavy atom. The third-order valence-corrected chi connectivity index (χ3v) is 3.42. The molecule has 1 atom stereocenters. The molecule has 0 aliphatic rings. The standard InChI is InChI=1S/C12H16N4O2S/c1-3-8(2)13-10(17)7-19-12-14-11(15-16-12)9-5-4-6-18-9/h4-6,8H,3,7H2,1-2H3,(H,13,17)(H,14,15,16)/t8-/m1/s1. The van der Waals surface area contributed by atoms with Crippen molar-refractivity contribution in [1.29, 1.82) is 0 Å². The molecule has 19 heavy (non-hydrogen) atoms. The molecular formula is C12H16N4O2S. The second kappa shape index (κ2) is 6.42. The van der Waals surface area contributed by atoms with Crippen molar-refractivity contribution >= 4 is 17.7 Å². The Kier molecular flexibility index (Phi) is 4.62. The van der Waals surface area contributed by atoms with E-state index in [-0.39, 0.29) is 11.9 Å². The van der Waals surface area contributed by atoms with Gasteiger partial charge in [-0.05, 0) is 25.5 Å². The third kappa shape index (κ3) is 3.85. The molecule has 6 nitrogen and oxygen atoms in total. The lowest BCUT2D eigenvalue weighted by molar-refractivity contribution is -0.119. The van der Waals surface area contributed by atoms with Crippen LogP contribution >= 0.6 is 11.8 Å². The zero-order valence-corrected chi connectivity index (χ0v) is 11.7. The molecule has 2 aromatic heterocycles. The number of hydrogen-bond donors (Lipinski definition) is 2. The van der Waals surface area contributed by atoms with E-state index < -0.39 is 0 Å². The first kappa shape index (κ1) is 13.7. The van der Waals surface area contributed by atoms with Crippen LogP contribution in [-0.2, 0) is 4.79 Å². The van der Waals surface area contributed by atoms with Crippen molar-refractivity contribution in [2.24, 2.45) is 0 Å². The van der Waals surface area contributed by atoms with E-state index in [2.05, 4.69) is 20.5 Å². The quantitative estimate of drug-likeness (QED) is 0.791. The number of thioether (sulfide) groups is 1. The summed E-state index contributed by atoms with van der Waals surface area (Å²) in [5.74, 6) is 1.49. The smallest absolute Gasteiger partial charge is 0.230 e. The van der Waals surface area contributed by atoms with E-state index in [4.69, 9.17) is 4.42 Å². The third-order valence-electron chi connectivity index (χ3n) is 2.57. The number of aromatic amines is 1. The average Bonchev–Trinajstić information content (AvgIpc) is 3.06. The topological polar surface area (TPSA) is 83.8 Å². The largest absolute Gasteiger partial charge is 0.461 e. The number of furan rings is 1. The normalized spacial score (nSPS) is 12.3. The number of H-pyrrole nitrogens is 1. The van der Waals surface area contributed by atoms with Gasteiger partial charge in [-0.25, -0.2) is 0 Å². The highest BCUT2D eigenvalue weighted by molar-refractivity contribution is 7.99. The first-order valence-electron chi connectivity index (χ1n) is 6.07. The van der Waals surface area contributed by atoms with Crippen LogP contribution in [0.15, 0.2) is 28.0 Å². The van der Waals surface area contributed by atoms with Gasteiger partial charge in [0.2, 0.25) is 11.1 Å². The highest BCUT2D eigenvalue weighted by atomic mass is 32.2. The van der Waals surface area contributed by atoms with Crippen LogP contribution in [0.5, 0.6) is 0 Å². The van der Waals surface area contributed by atoms with Crippen LogP contribution in [0.25, 0.3) is 11.6 Å². The Balaban J connectivity index is 1.85. The van der Waals surface area contributed by atoms with Crippen LogP contribution in [0.4, 0.5) is 0 Å². The van der Waals surface area contributed by atoms with Crippen LogP contribution in [0, 0.1) is 0 Å². The average molecular weight is 280 g/mol. The molecular weight excluding hydrogens is 264 g/mol. The van der Waals surface area contributed by atoms with E-state index in [0.717, 1.165) is 6.42 Å². The lowest BCUT2D eigenvalue weighted by Gasteiger charge is -2.09. The molecule has 0 aliphatic carbocycles. The molecule has 0 aliphatic heterocycles. The summed E-state index contributed by atoms with van der Waals surface area (Å²) in [5.41, 5.74) is 0. The van der Waals surface area contributed by atoms with E-state index in [1.807, 2.05) is 13.8 Å². The minimum atomic E-state index is -0.0105. The van der Waals surface area contributed by atoms with Gasteiger partial charge in [0.05, 0.1) is 12.0 Å². The number of aromatic nitrogens is 3. The van der Waals surface area contributed by atoms with Gasteiger partial charge in [-0.15, -0.1) is 5.10 Å². The Labute approximate surface area is 115 Å². The Morgan fingerprint density at radius 1 is 1.63 bits per heavy atom. The zero-order valence-electron chi connectivity index (χ0n) is 10.8. The summed E-state index contributed by atoms with van der Waals surface area (Å²) in [4.78, 5) is 15.9. The molecule has 0 bridgehead atoms. The fourth-order valence-corrected chi connectivity index (χ4v) is 1.99. The predicted octanol–water partition coefficient (Wildman–Crippen LogP) is 2.07.